The molecule has 3 rings (SSSR count). The largest absolute Gasteiger partial charge is 0.497 e. The Morgan fingerprint density at radius 3 is 2.00 bits per heavy atom. The molecule has 2 atom stereocenters. The van der Waals surface area contributed by atoms with Crippen LogP contribution in [0.3, 0.4) is 0 Å². The summed E-state index contributed by atoms with van der Waals surface area (Å²) in [6, 6.07) is 14.3. The average Bonchev–Trinajstić information content (AvgIpc) is 3.53. The third kappa shape index (κ3) is 5.16. The van der Waals surface area contributed by atoms with E-state index in [1.807, 2.05) is 12.1 Å². The first-order valence-corrected chi connectivity index (χ1v) is 9.10. The van der Waals surface area contributed by atoms with Crippen LogP contribution < -0.4 is 24.8 Å². The van der Waals surface area contributed by atoms with Crippen LogP contribution in [0.4, 0.5) is 5.69 Å². The Bertz CT molecular complexity index is 805. The number of benzene rings is 2. The van der Waals surface area contributed by atoms with Gasteiger partial charge in [0.1, 0.15) is 23.9 Å². The van der Waals surface area contributed by atoms with Gasteiger partial charge in [-0.05, 0) is 55.0 Å². The van der Waals surface area contributed by atoms with Crippen molar-refractivity contribution in [3.05, 3.63) is 48.5 Å². The van der Waals surface area contributed by atoms with Crippen molar-refractivity contribution in [3.8, 4) is 17.2 Å². The fourth-order valence-electron chi connectivity index (χ4n) is 2.83. The molecule has 0 heterocycles. The van der Waals surface area contributed by atoms with Crippen LogP contribution in [0.25, 0.3) is 0 Å². The summed E-state index contributed by atoms with van der Waals surface area (Å²) >= 11 is 0. The summed E-state index contributed by atoms with van der Waals surface area (Å²) in [7, 11) is 3.19. The van der Waals surface area contributed by atoms with Gasteiger partial charge in [-0.1, -0.05) is 0 Å². The van der Waals surface area contributed by atoms with Gasteiger partial charge in [-0.3, -0.25) is 9.59 Å². The van der Waals surface area contributed by atoms with Gasteiger partial charge in [0.2, 0.25) is 11.8 Å². The predicted octanol–water partition coefficient (Wildman–Crippen LogP) is 2.47. The highest BCUT2D eigenvalue weighted by Crippen LogP contribution is 2.39. The molecule has 7 heteroatoms. The summed E-state index contributed by atoms with van der Waals surface area (Å²) in [5.41, 5.74) is 0.685. The minimum Gasteiger partial charge on any atom is -0.497 e. The summed E-state index contributed by atoms with van der Waals surface area (Å²) in [5, 5.41) is 5.64. The summed E-state index contributed by atoms with van der Waals surface area (Å²) in [5.74, 6) is 1.36. The number of hydrogen-bond donors (Lipinski definition) is 2. The van der Waals surface area contributed by atoms with Crippen LogP contribution in [0.5, 0.6) is 17.2 Å². The van der Waals surface area contributed by atoms with E-state index in [2.05, 4.69) is 10.6 Å². The van der Waals surface area contributed by atoms with Crippen LogP contribution in [0.1, 0.15) is 6.42 Å². The molecule has 2 amide bonds. The van der Waals surface area contributed by atoms with E-state index < -0.39 is 0 Å². The fourth-order valence-corrected chi connectivity index (χ4v) is 2.83. The number of rotatable bonds is 9. The molecule has 0 aliphatic heterocycles. The maximum Gasteiger partial charge on any atom is 0.228 e. The second-order valence-electron chi connectivity index (χ2n) is 6.48. The molecular weight excluding hydrogens is 360 g/mol. The molecule has 7 nitrogen and oxygen atoms in total. The van der Waals surface area contributed by atoms with Crippen LogP contribution in [-0.4, -0.2) is 39.2 Å². The lowest BCUT2D eigenvalue weighted by atomic mass is 10.2. The van der Waals surface area contributed by atoms with Crippen LogP contribution in [0.15, 0.2) is 48.5 Å². The quantitative estimate of drug-likeness (QED) is 0.649. The molecule has 1 fully saturated rings. The van der Waals surface area contributed by atoms with Gasteiger partial charge in [-0.15, -0.1) is 0 Å². The highest BCUT2D eigenvalue weighted by molar-refractivity contribution is 5.99. The molecule has 0 spiro atoms. The van der Waals surface area contributed by atoms with Crippen molar-refractivity contribution in [3.63, 3.8) is 0 Å². The van der Waals surface area contributed by atoms with Crippen molar-refractivity contribution in [1.82, 2.24) is 5.32 Å². The normalized spacial score (nSPS) is 17.4. The monoisotopic (exact) mass is 384 g/mol. The highest BCUT2D eigenvalue weighted by atomic mass is 16.5. The molecule has 1 saturated carbocycles. The number of anilines is 1. The van der Waals surface area contributed by atoms with E-state index in [1.54, 1.807) is 50.6 Å². The zero-order chi connectivity index (χ0) is 19.9. The second kappa shape index (κ2) is 9.12. The lowest BCUT2D eigenvalue weighted by Crippen LogP contribution is -2.31. The van der Waals surface area contributed by atoms with Crippen molar-refractivity contribution in [1.29, 1.82) is 0 Å². The third-order valence-electron chi connectivity index (χ3n) is 4.55. The minimum atomic E-state index is -0.287. The Morgan fingerprint density at radius 2 is 1.39 bits per heavy atom. The molecule has 0 radical (unpaired) electrons. The first-order valence-electron chi connectivity index (χ1n) is 9.10. The molecule has 28 heavy (non-hydrogen) atoms. The first kappa shape index (κ1) is 19.5. The lowest BCUT2D eigenvalue weighted by Gasteiger charge is -2.09. The standard InChI is InChI=1S/C21H24N2O5/c1-26-15-5-3-14(4-6-15)23-21(25)19-13-18(19)20(24)22-11-12-28-17-9-7-16(27-2)8-10-17/h3-10,18-19H,11-13H2,1-2H3,(H,22,24)(H,23,25). The molecular formula is C21H24N2O5. The van der Waals surface area contributed by atoms with Crippen LogP contribution in [0.2, 0.25) is 0 Å². The van der Waals surface area contributed by atoms with Crippen molar-refractivity contribution in [2.75, 3.05) is 32.7 Å². The number of amides is 2. The molecule has 0 saturated heterocycles. The van der Waals surface area contributed by atoms with Crippen molar-refractivity contribution in [2.45, 2.75) is 6.42 Å². The minimum absolute atomic E-state index is 0.117. The molecule has 2 unspecified atom stereocenters. The van der Waals surface area contributed by atoms with Crippen LogP contribution >= 0.6 is 0 Å². The first-order chi connectivity index (χ1) is 13.6. The van der Waals surface area contributed by atoms with E-state index in [-0.39, 0.29) is 23.7 Å². The predicted molar refractivity (Wildman–Crippen MR) is 105 cm³/mol. The van der Waals surface area contributed by atoms with E-state index in [0.717, 1.165) is 11.5 Å². The van der Waals surface area contributed by atoms with E-state index in [1.165, 1.54) is 0 Å². The van der Waals surface area contributed by atoms with Crippen LogP contribution in [0, 0.1) is 11.8 Å². The van der Waals surface area contributed by atoms with Gasteiger partial charge < -0.3 is 24.8 Å². The zero-order valence-corrected chi connectivity index (χ0v) is 15.9. The molecule has 148 valence electrons. The number of nitrogens with one attached hydrogen (secondary N) is 2. The van der Waals surface area contributed by atoms with E-state index in [0.29, 0.717) is 31.0 Å². The van der Waals surface area contributed by atoms with Gasteiger partial charge in [0.15, 0.2) is 0 Å². The fraction of sp³-hybridized carbons (Fsp3) is 0.333. The maximum absolute atomic E-state index is 12.3. The Balaban J connectivity index is 1.35. The third-order valence-corrected chi connectivity index (χ3v) is 4.55. The Morgan fingerprint density at radius 1 is 0.857 bits per heavy atom. The van der Waals surface area contributed by atoms with Gasteiger partial charge in [-0.25, -0.2) is 0 Å². The molecule has 0 bridgehead atoms. The number of carbonyl (C=O) groups is 2. The van der Waals surface area contributed by atoms with E-state index in [9.17, 15) is 9.59 Å². The zero-order valence-electron chi connectivity index (χ0n) is 15.9. The highest BCUT2D eigenvalue weighted by Gasteiger charge is 2.47. The van der Waals surface area contributed by atoms with Crippen molar-refractivity contribution >= 4 is 17.5 Å². The summed E-state index contributed by atoms with van der Waals surface area (Å²) in [6.07, 6.45) is 0.563. The number of carbonyl (C=O) groups excluding carboxylic acids is 2. The van der Waals surface area contributed by atoms with Gasteiger partial charge >= 0.3 is 0 Å². The summed E-state index contributed by atoms with van der Waals surface area (Å²) in [4.78, 5) is 24.4. The molecule has 2 aromatic carbocycles. The summed E-state index contributed by atoms with van der Waals surface area (Å²) < 4.78 is 15.7. The molecule has 2 N–H and O–H groups in total. The number of ether oxygens (including phenoxy) is 3. The topological polar surface area (TPSA) is 85.9 Å². The summed E-state index contributed by atoms with van der Waals surface area (Å²) in [6.45, 7) is 0.738. The molecule has 1 aliphatic rings. The van der Waals surface area contributed by atoms with Crippen LogP contribution in [-0.2, 0) is 9.59 Å². The smallest absolute Gasteiger partial charge is 0.228 e. The Hall–Kier alpha value is -3.22. The van der Waals surface area contributed by atoms with Crippen molar-refractivity contribution < 1.29 is 23.8 Å². The molecule has 2 aromatic rings. The molecule has 1 aliphatic carbocycles. The lowest BCUT2D eigenvalue weighted by molar-refractivity contribution is -0.125. The van der Waals surface area contributed by atoms with E-state index >= 15 is 0 Å². The maximum atomic E-state index is 12.3. The van der Waals surface area contributed by atoms with E-state index in [4.69, 9.17) is 14.2 Å². The van der Waals surface area contributed by atoms with Gasteiger partial charge in [0, 0.05) is 5.69 Å². The van der Waals surface area contributed by atoms with Gasteiger partial charge in [0.25, 0.3) is 0 Å². The Labute approximate surface area is 164 Å². The number of methoxy groups -OCH3 is 2. The van der Waals surface area contributed by atoms with Crippen molar-refractivity contribution in [2.24, 2.45) is 11.8 Å². The SMILES string of the molecule is COc1ccc(NC(=O)C2CC2C(=O)NCCOc2ccc(OC)cc2)cc1. The second-order valence-corrected chi connectivity index (χ2v) is 6.48. The van der Waals surface area contributed by atoms with Gasteiger partial charge in [-0.2, -0.15) is 0 Å². The molecule has 0 aromatic heterocycles. The number of hydrogen-bond acceptors (Lipinski definition) is 5. The average molecular weight is 384 g/mol. The Kier molecular flexibility index (Phi) is 6.37. The van der Waals surface area contributed by atoms with Gasteiger partial charge in [0.05, 0.1) is 32.6 Å².